The SMILES string of the molecule is Cc1c(Cl)cccc1NC(=O)NC(Cc1ccccc1)C(=O)N1CCc2ccccc21. The molecule has 5 nitrogen and oxygen atoms in total. The van der Waals surface area contributed by atoms with E-state index >= 15 is 0 Å². The Labute approximate surface area is 187 Å². The fraction of sp³-hybridized carbons (Fsp3) is 0.200. The van der Waals surface area contributed by atoms with Crippen molar-refractivity contribution in [1.82, 2.24) is 5.32 Å². The Balaban J connectivity index is 1.55. The third kappa shape index (κ3) is 4.72. The molecule has 0 saturated carbocycles. The van der Waals surface area contributed by atoms with Crippen LogP contribution in [0, 0.1) is 6.92 Å². The maximum Gasteiger partial charge on any atom is 0.319 e. The van der Waals surface area contributed by atoms with Crippen LogP contribution >= 0.6 is 11.6 Å². The Morgan fingerprint density at radius 3 is 2.55 bits per heavy atom. The largest absolute Gasteiger partial charge is 0.326 e. The molecule has 0 spiro atoms. The van der Waals surface area contributed by atoms with Crippen LogP contribution in [0.25, 0.3) is 0 Å². The van der Waals surface area contributed by atoms with E-state index in [9.17, 15) is 9.59 Å². The molecule has 1 atom stereocenters. The van der Waals surface area contributed by atoms with E-state index in [0.29, 0.717) is 23.7 Å². The average molecular weight is 434 g/mol. The highest BCUT2D eigenvalue weighted by Crippen LogP contribution is 2.28. The highest BCUT2D eigenvalue weighted by molar-refractivity contribution is 6.31. The van der Waals surface area contributed by atoms with Gasteiger partial charge in [0.15, 0.2) is 0 Å². The fourth-order valence-corrected chi connectivity index (χ4v) is 4.04. The van der Waals surface area contributed by atoms with Crippen LogP contribution in [0.15, 0.2) is 72.8 Å². The zero-order chi connectivity index (χ0) is 21.8. The Hall–Kier alpha value is -3.31. The van der Waals surface area contributed by atoms with Gasteiger partial charge in [0.1, 0.15) is 6.04 Å². The molecule has 1 unspecified atom stereocenters. The lowest BCUT2D eigenvalue weighted by atomic mass is 10.0. The molecule has 1 aliphatic rings. The van der Waals surface area contributed by atoms with Gasteiger partial charge in [-0.1, -0.05) is 66.2 Å². The molecule has 31 heavy (non-hydrogen) atoms. The molecule has 3 aromatic rings. The third-order valence-electron chi connectivity index (χ3n) is 5.56. The van der Waals surface area contributed by atoms with Crippen LogP contribution in [0.1, 0.15) is 16.7 Å². The van der Waals surface area contributed by atoms with Gasteiger partial charge in [-0.2, -0.15) is 0 Å². The Kier molecular flexibility index (Phi) is 6.23. The van der Waals surface area contributed by atoms with Crippen molar-refractivity contribution in [2.45, 2.75) is 25.8 Å². The highest BCUT2D eigenvalue weighted by Gasteiger charge is 2.31. The molecule has 0 aliphatic carbocycles. The van der Waals surface area contributed by atoms with Gasteiger partial charge in [0.2, 0.25) is 5.91 Å². The van der Waals surface area contributed by atoms with Crippen molar-refractivity contribution in [2.75, 3.05) is 16.8 Å². The number of nitrogens with one attached hydrogen (secondary N) is 2. The smallest absolute Gasteiger partial charge is 0.319 e. The summed E-state index contributed by atoms with van der Waals surface area (Å²) in [5, 5.41) is 6.28. The molecule has 0 aromatic heterocycles. The fourth-order valence-electron chi connectivity index (χ4n) is 3.86. The number of halogens is 1. The van der Waals surface area contributed by atoms with Gasteiger partial charge in [-0.25, -0.2) is 4.79 Å². The van der Waals surface area contributed by atoms with Crippen molar-refractivity contribution >= 4 is 34.9 Å². The standard InChI is InChI=1S/C25H24ClN3O2/c1-17-20(26)11-7-12-21(17)27-25(31)28-22(16-18-8-3-2-4-9-18)24(30)29-15-14-19-10-5-6-13-23(19)29/h2-13,22H,14-16H2,1H3,(H2,27,28,31). The van der Waals surface area contributed by atoms with Gasteiger partial charge in [0.05, 0.1) is 0 Å². The van der Waals surface area contributed by atoms with E-state index in [2.05, 4.69) is 10.6 Å². The number of para-hydroxylation sites is 1. The van der Waals surface area contributed by atoms with Gasteiger partial charge in [-0.3, -0.25) is 4.79 Å². The lowest BCUT2D eigenvalue weighted by molar-refractivity contribution is -0.120. The molecule has 3 aromatic carbocycles. The Bertz CT molecular complexity index is 1100. The molecule has 0 radical (unpaired) electrons. The van der Waals surface area contributed by atoms with Crippen LogP contribution in [0.2, 0.25) is 5.02 Å². The molecule has 1 heterocycles. The summed E-state index contributed by atoms with van der Waals surface area (Å²) in [6, 6.07) is 21.8. The molecule has 2 N–H and O–H groups in total. The van der Waals surface area contributed by atoms with Crippen LogP contribution in [0.5, 0.6) is 0 Å². The summed E-state index contributed by atoms with van der Waals surface area (Å²) in [6.45, 7) is 2.45. The lowest BCUT2D eigenvalue weighted by Crippen LogP contribution is -2.50. The molecular weight excluding hydrogens is 410 g/mol. The van der Waals surface area contributed by atoms with Gasteiger partial charge in [0, 0.05) is 29.4 Å². The lowest BCUT2D eigenvalue weighted by Gasteiger charge is -2.25. The van der Waals surface area contributed by atoms with E-state index in [4.69, 9.17) is 11.6 Å². The Morgan fingerprint density at radius 2 is 1.74 bits per heavy atom. The maximum absolute atomic E-state index is 13.5. The number of fused-ring (bicyclic) bond motifs is 1. The maximum atomic E-state index is 13.5. The molecule has 0 fully saturated rings. The topological polar surface area (TPSA) is 61.4 Å². The zero-order valence-electron chi connectivity index (χ0n) is 17.3. The molecule has 1 aliphatic heterocycles. The highest BCUT2D eigenvalue weighted by atomic mass is 35.5. The Morgan fingerprint density at radius 1 is 1.00 bits per heavy atom. The number of nitrogens with zero attached hydrogens (tertiary/aromatic N) is 1. The molecule has 158 valence electrons. The van der Waals surface area contributed by atoms with Gasteiger partial charge in [0.25, 0.3) is 0 Å². The number of benzene rings is 3. The average Bonchev–Trinajstić information content (AvgIpc) is 3.21. The third-order valence-corrected chi connectivity index (χ3v) is 5.96. The van der Waals surface area contributed by atoms with Crippen molar-refractivity contribution in [3.8, 4) is 0 Å². The summed E-state index contributed by atoms with van der Waals surface area (Å²) in [5.41, 5.74) is 4.43. The zero-order valence-corrected chi connectivity index (χ0v) is 18.0. The molecule has 4 rings (SSSR count). The van der Waals surface area contributed by atoms with Gasteiger partial charge >= 0.3 is 6.03 Å². The number of hydrogen-bond donors (Lipinski definition) is 2. The second kappa shape index (κ2) is 9.23. The first-order chi connectivity index (χ1) is 15.0. The van der Waals surface area contributed by atoms with Crippen LogP contribution in [0.4, 0.5) is 16.2 Å². The predicted octanol–water partition coefficient (Wildman–Crippen LogP) is 4.97. The number of hydrogen-bond acceptors (Lipinski definition) is 2. The van der Waals surface area contributed by atoms with E-state index in [1.807, 2.05) is 61.5 Å². The monoisotopic (exact) mass is 433 g/mol. The van der Waals surface area contributed by atoms with Crippen molar-refractivity contribution in [1.29, 1.82) is 0 Å². The number of urea groups is 1. The van der Waals surface area contributed by atoms with Crippen LogP contribution in [-0.2, 0) is 17.6 Å². The first-order valence-corrected chi connectivity index (χ1v) is 10.7. The molecule has 6 heteroatoms. The normalized spacial score (nSPS) is 13.4. The summed E-state index contributed by atoms with van der Waals surface area (Å²) in [7, 11) is 0. The number of carbonyl (C=O) groups excluding carboxylic acids is 2. The molecule has 0 saturated heterocycles. The minimum absolute atomic E-state index is 0.119. The minimum Gasteiger partial charge on any atom is -0.326 e. The first kappa shape index (κ1) is 20.9. The van der Waals surface area contributed by atoms with Crippen LogP contribution < -0.4 is 15.5 Å². The minimum atomic E-state index is -0.701. The van der Waals surface area contributed by atoms with E-state index in [-0.39, 0.29) is 5.91 Å². The van der Waals surface area contributed by atoms with E-state index in [1.165, 1.54) is 0 Å². The number of anilines is 2. The summed E-state index contributed by atoms with van der Waals surface area (Å²) >= 11 is 6.16. The second-order valence-corrected chi connectivity index (χ2v) is 8.03. The summed E-state index contributed by atoms with van der Waals surface area (Å²) in [6.07, 6.45) is 1.22. The van der Waals surface area contributed by atoms with Crippen LogP contribution in [-0.4, -0.2) is 24.5 Å². The number of carbonyl (C=O) groups is 2. The van der Waals surface area contributed by atoms with Crippen molar-refractivity contribution in [3.63, 3.8) is 0 Å². The van der Waals surface area contributed by atoms with E-state index in [0.717, 1.165) is 28.8 Å². The molecule has 3 amide bonds. The van der Waals surface area contributed by atoms with E-state index in [1.54, 1.807) is 23.1 Å². The summed E-state index contributed by atoms with van der Waals surface area (Å²) < 4.78 is 0. The quantitative estimate of drug-likeness (QED) is 0.596. The van der Waals surface area contributed by atoms with Crippen LogP contribution in [0.3, 0.4) is 0 Å². The predicted molar refractivity (Wildman–Crippen MR) is 125 cm³/mol. The number of rotatable bonds is 5. The number of amides is 3. The van der Waals surface area contributed by atoms with Gasteiger partial charge < -0.3 is 15.5 Å². The van der Waals surface area contributed by atoms with Crippen molar-refractivity contribution < 1.29 is 9.59 Å². The molecular formula is C25H24ClN3O2. The van der Waals surface area contributed by atoms with Crippen molar-refractivity contribution in [2.24, 2.45) is 0 Å². The second-order valence-electron chi connectivity index (χ2n) is 7.62. The van der Waals surface area contributed by atoms with Gasteiger partial charge in [-0.05, 0) is 48.2 Å². The molecule has 0 bridgehead atoms. The van der Waals surface area contributed by atoms with Crippen molar-refractivity contribution in [3.05, 3.63) is 94.5 Å². The van der Waals surface area contributed by atoms with E-state index < -0.39 is 12.1 Å². The van der Waals surface area contributed by atoms with Gasteiger partial charge in [-0.15, -0.1) is 0 Å². The summed E-state index contributed by atoms with van der Waals surface area (Å²) in [4.78, 5) is 28.1. The summed E-state index contributed by atoms with van der Waals surface area (Å²) in [5.74, 6) is -0.119. The first-order valence-electron chi connectivity index (χ1n) is 10.3.